The molecule has 18 heavy (non-hydrogen) atoms. The second-order valence-electron chi connectivity index (χ2n) is 3.84. The number of benzene rings is 1. The minimum absolute atomic E-state index is 0.173. The molecule has 0 radical (unpaired) electrons. The molecule has 102 valence electrons. The number of unbranched alkanes of at least 4 members (excludes halogenated alkanes) is 3. The normalized spacial score (nSPS) is 14.1. The molecule has 0 fully saturated rings. The van der Waals surface area contributed by atoms with Crippen molar-refractivity contribution in [1.82, 2.24) is 0 Å². The molecule has 1 aromatic carbocycles. The minimum atomic E-state index is -4.02. The van der Waals surface area contributed by atoms with Crippen molar-refractivity contribution >= 4 is 7.82 Å². The standard InChI is InChI=1S/C12H19O5P/c13-10-6-1-2-7-11-16-18(14,15)17-12-8-4-3-5-9-12/h3-5,8-9,13H,1-2,6-7,10-11H2,(H,14,15). The van der Waals surface area contributed by atoms with Crippen molar-refractivity contribution in [1.29, 1.82) is 0 Å². The van der Waals surface area contributed by atoms with Crippen LogP contribution in [-0.2, 0) is 9.09 Å². The molecular formula is C12H19O5P. The first-order chi connectivity index (χ1) is 8.64. The molecule has 0 heterocycles. The van der Waals surface area contributed by atoms with Crippen molar-refractivity contribution in [2.75, 3.05) is 13.2 Å². The van der Waals surface area contributed by atoms with E-state index in [2.05, 4.69) is 0 Å². The van der Waals surface area contributed by atoms with Gasteiger partial charge in [0.1, 0.15) is 5.75 Å². The zero-order chi connectivity index (χ0) is 13.3. The Bertz CT molecular complexity index is 368. The Hall–Kier alpha value is -0.870. The topological polar surface area (TPSA) is 76.0 Å². The molecule has 0 saturated carbocycles. The van der Waals surface area contributed by atoms with Gasteiger partial charge in [0.25, 0.3) is 0 Å². The number of rotatable bonds is 9. The highest BCUT2D eigenvalue weighted by molar-refractivity contribution is 7.47. The number of phosphoric ester groups is 1. The lowest BCUT2D eigenvalue weighted by atomic mass is 10.2. The zero-order valence-electron chi connectivity index (χ0n) is 10.2. The molecule has 0 aliphatic rings. The molecule has 0 amide bonds. The second kappa shape index (κ2) is 8.27. The van der Waals surface area contributed by atoms with Crippen LogP contribution in [0.3, 0.4) is 0 Å². The van der Waals surface area contributed by atoms with Crippen LogP contribution in [0, 0.1) is 0 Å². The summed E-state index contributed by atoms with van der Waals surface area (Å²) in [6.45, 7) is 0.350. The van der Waals surface area contributed by atoms with Gasteiger partial charge in [-0.05, 0) is 25.0 Å². The van der Waals surface area contributed by atoms with Crippen molar-refractivity contribution in [3.8, 4) is 5.75 Å². The van der Waals surface area contributed by atoms with E-state index >= 15 is 0 Å². The Morgan fingerprint density at radius 2 is 1.72 bits per heavy atom. The van der Waals surface area contributed by atoms with Gasteiger partial charge in [-0.15, -0.1) is 0 Å². The summed E-state index contributed by atoms with van der Waals surface area (Å²) >= 11 is 0. The molecular weight excluding hydrogens is 255 g/mol. The smallest absolute Gasteiger partial charge is 0.404 e. The van der Waals surface area contributed by atoms with Crippen molar-refractivity contribution in [3.63, 3.8) is 0 Å². The molecule has 0 aliphatic heterocycles. The fourth-order valence-electron chi connectivity index (χ4n) is 1.39. The summed E-state index contributed by atoms with van der Waals surface area (Å²) in [6.07, 6.45) is 3.15. The SMILES string of the molecule is O=P(O)(OCCCCCCO)Oc1ccccc1. The fraction of sp³-hybridized carbons (Fsp3) is 0.500. The lowest BCUT2D eigenvalue weighted by molar-refractivity contribution is 0.198. The van der Waals surface area contributed by atoms with Gasteiger partial charge in [0.15, 0.2) is 0 Å². The summed E-state index contributed by atoms with van der Waals surface area (Å²) in [5, 5.41) is 8.58. The highest BCUT2D eigenvalue weighted by Crippen LogP contribution is 2.43. The van der Waals surface area contributed by atoms with Crippen LogP contribution in [0.15, 0.2) is 30.3 Å². The first-order valence-electron chi connectivity index (χ1n) is 5.97. The Labute approximate surface area is 107 Å². The predicted molar refractivity (Wildman–Crippen MR) is 68.4 cm³/mol. The molecule has 6 heteroatoms. The molecule has 0 aliphatic carbocycles. The largest absolute Gasteiger partial charge is 0.527 e. The summed E-state index contributed by atoms with van der Waals surface area (Å²) in [5.74, 6) is 0.309. The summed E-state index contributed by atoms with van der Waals surface area (Å²) in [4.78, 5) is 9.44. The highest BCUT2D eigenvalue weighted by atomic mass is 31.2. The molecule has 0 saturated heterocycles. The first-order valence-corrected chi connectivity index (χ1v) is 7.46. The van der Waals surface area contributed by atoms with Gasteiger partial charge < -0.3 is 9.63 Å². The van der Waals surface area contributed by atoms with Gasteiger partial charge in [-0.2, -0.15) is 0 Å². The molecule has 1 rings (SSSR count). The molecule has 1 aromatic rings. The van der Waals surface area contributed by atoms with Gasteiger partial charge in [0, 0.05) is 6.61 Å². The number of para-hydroxylation sites is 1. The number of aliphatic hydroxyl groups is 1. The molecule has 0 aromatic heterocycles. The number of aliphatic hydroxyl groups excluding tert-OH is 1. The monoisotopic (exact) mass is 274 g/mol. The molecule has 0 bridgehead atoms. The predicted octanol–water partition coefficient (Wildman–Crippen LogP) is 2.74. The van der Waals surface area contributed by atoms with Crippen LogP contribution < -0.4 is 4.52 Å². The molecule has 5 nitrogen and oxygen atoms in total. The Balaban J connectivity index is 2.21. The number of hydrogen-bond acceptors (Lipinski definition) is 4. The van der Waals surface area contributed by atoms with E-state index in [1.54, 1.807) is 30.3 Å². The van der Waals surface area contributed by atoms with Crippen molar-refractivity contribution in [3.05, 3.63) is 30.3 Å². The van der Waals surface area contributed by atoms with Crippen LogP contribution in [0.4, 0.5) is 0 Å². The Morgan fingerprint density at radius 3 is 2.39 bits per heavy atom. The van der Waals surface area contributed by atoms with E-state index in [0.29, 0.717) is 12.2 Å². The van der Waals surface area contributed by atoms with E-state index in [1.165, 1.54) is 0 Å². The highest BCUT2D eigenvalue weighted by Gasteiger charge is 2.22. The lowest BCUT2D eigenvalue weighted by Gasteiger charge is -2.12. The summed E-state index contributed by atoms with van der Waals surface area (Å²) in [6, 6.07) is 8.40. The van der Waals surface area contributed by atoms with E-state index in [4.69, 9.17) is 14.2 Å². The van der Waals surface area contributed by atoms with Crippen LogP contribution >= 0.6 is 7.82 Å². The molecule has 0 spiro atoms. The van der Waals surface area contributed by atoms with Crippen molar-refractivity contribution < 1.29 is 23.6 Å². The van der Waals surface area contributed by atoms with E-state index in [1.807, 2.05) is 0 Å². The molecule has 2 N–H and O–H groups in total. The quantitative estimate of drug-likeness (QED) is 0.535. The number of hydrogen-bond donors (Lipinski definition) is 2. The summed E-state index contributed by atoms with van der Waals surface area (Å²) in [7, 11) is -4.02. The third kappa shape index (κ3) is 6.77. The van der Waals surface area contributed by atoms with Crippen LogP contribution in [0.5, 0.6) is 5.75 Å². The third-order valence-corrected chi connectivity index (χ3v) is 3.22. The number of phosphoric acid groups is 1. The maximum absolute atomic E-state index is 11.5. The van der Waals surface area contributed by atoms with E-state index in [-0.39, 0.29) is 13.2 Å². The van der Waals surface area contributed by atoms with Gasteiger partial charge >= 0.3 is 7.82 Å². The van der Waals surface area contributed by atoms with Gasteiger partial charge in [0.2, 0.25) is 0 Å². The molecule has 1 atom stereocenters. The molecule has 1 unspecified atom stereocenters. The maximum atomic E-state index is 11.5. The average molecular weight is 274 g/mol. The minimum Gasteiger partial charge on any atom is -0.404 e. The summed E-state index contributed by atoms with van der Waals surface area (Å²) in [5.41, 5.74) is 0. The fourth-order valence-corrected chi connectivity index (χ4v) is 2.19. The Kier molecular flexibility index (Phi) is 6.98. The van der Waals surface area contributed by atoms with Crippen LogP contribution in [0.2, 0.25) is 0 Å². The maximum Gasteiger partial charge on any atom is 0.527 e. The average Bonchev–Trinajstić information content (AvgIpc) is 2.34. The van der Waals surface area contributed by atoms with Gasteiger partial charge in [-0.25, -0.2) is 4.57 Å². The zero-order valence-corrected chi connectivity index (χ0v) is 11.1. The first kappa shape index (κ1) is 15.2. The van der Waals surface area contributed by atoms with Crippen molar-refractivity contribution in [2.24, 2.45) is 0 Å². The van der Waals surface area contributed by atoms with E-state index in [0.717, 1.165) is 19.3 Å². The van der Waals surface area contributed by atoms with E-state index in [9.17, 15) is 9.46 Å². The van der Waals surface area contributed by atoms with Crippen molar-refractivity contribution in [2.45, 2.75) is 25.7 Å². The second-order valence-corrected chi connectivity index (χ2v) is 5.22. The van der Waals surface area contributed by atoms with Crippen LogP contribution in [0.25, 0.3) is 0 Å². The Morgan fingerprint density at radius 1 is 1.06 bits per heavy atom. The van der Waals surface area contributed by atoms with Gasteiger partial charge in [-0.1, -0.05) is 31.0 Å². The summed E-state index contributed by atoms with van der Waals surface area (Å²) < 4.78 is 21.3. The van der Waals surface area contributed by atoms with Gasteiger partial charge in [0.05, 0.1) is 6.61 Å². The van der Waals surface area contributed by atoms with Gasteiger partial charge in [-0.3, -0.25) is 9.42 Å². The van der Waals surface area contributed by atoms with Crippen LogP contribution in [-0.4, -0.2) is 23.2 Å². The third-order valence-electron chi connectivity index (χ3n) is 2.27. The van der Waals surface area contributed by atoms with Crippen LogP contribution in [0.1, 0.15) is 25.7 Å². The van der Waals surface area contributed by atoms with E-state index < -0.39 is 7.82 Å². The lowest BCUT2D eigenvalue weighted by Crippen LogP contribution is -1.99.